The van der Waals surface area contributed by atoms with Crippen LogP contribution in [0.3, 0.4) is 0 Å². The van der Waals surface area contributed by atoms with Crippen LogP contribution >= 0.6 is 0 Å². The molecule has 3 heteroatoms. The Hall–Kier alpha value is -5.54. The zero-order chi connectivity index (χ0) is 27.7. The first-order valence-corrected chi connectivity index (χ1v) is 14.3. The van der Waals surface area contributed by atoms with Crippen LogP contribution < -0.4 is 4.74 Å². The Bertz CT molecular complexity index is 2140. The summed E-state index contributed by atoms with van der Waals surface area (Å²) in [6, 6.07) is 51.1. The van der Waals surface area contributed by atoms with Crippen molar-refractivity contribution in [3.05, 3.63) is 168 Å². The summed E-state index contributed by atoms with van der Waals surface area (Å²) in [5.74, 6) is 2.51. The average Bonchev–Trinajstić information content (AvgIpc) is 3.35. The quantitative estimate of drug-likeness (QED) is 0.221. The Labute approximate surface area is 243 Å². The minimum absolute atomic E-state index is 0.515. The van der Waals surface area contributed by atoms with Crippen LogP contribution in [0.15, 0.2) is 146 Å². The van der Waals surface area contributed by atoms with Gasteiger partial charge in [-0.1, -0.05) is 121 Å². The van der Waals surface area contributed by atoms with Gasteiger partial charge in [0.05, 0.1) is 16.6 Å². The fourth-order valence-corrected chi connectivity index (χ4v) is 7.01. The van der Waals surface area contributed by atoms with Gasteiger partial charge < -0.3 is 4.74 Å². The predicted molar refractivity (Wildman–Crippen MR) is 168 cm³/mol. The summed E-state index contributed by atoms with van der Waals surface area (Å²) in [5, 5.41) is 1.04. The summed E-state index contributed by atoms with van der Waals surface area (Å²) < 4.78 is 6.51. The third-order valence-corrected chi connectivity index (χ3v) is 8.76. The molecule has 1 aliphatic heterocycles. The van der Waals surface area contributed by atoms with Gasteiger partial charge in [0.1, 0.15) is 11.5 Å². The average molecular weight is 537 g/mol. The molecule has 0 N–H and O–H groups in total. The van der Waals surface area contributed by atoms with Crippen LogP contribution in [0.25, 0.3) is 44.7 Å². The van der Waals surface area contributed by atoms with Crippen LogP contribution in [0.1, 0.15) is 22.3 Å². The lowest BCUT2D eigenvalue weighted by molar-refractivity contribution is 0.436. The Morgan fingerprint density at radius 2 is 1.07 bits per heavy atom. The van der Waals surface area contributed by atoms with Gasteiger partial charge in [-0.3, -0.25) is 0 Å². The van der Waals surface area contributed by atoms with Crippen LogP contribution in [0.5, 0.6) is 11.5 Å². The number of aromatic nitrogens is 2. The second kappa shape index (κ2) is 8.73. The van der Waals surface area contributed by atoms with E-state index >= 15 is 0 Å². The molecule has 6 aromatic carbocycles. The van der Waals surface area contributed by atoms with E-state index in [1.807, 2.05) is 24.3 Å². The highest BCUT2D eigenvalue weighted by atomic mass is 16.5. The fourth-order valence-electron chi connectivity index (χ4n) is 7.01. The molecule has 0 radical (unpaired) electrons. The topological polar surface area (TPSA) is 35.0 Å². The van der Waals surface area contributed by atoms with E-state index < -0.39 is 5.41 Å². The Kier molecular flexibility index (Phi) is 4.82. The van der Waals surface area contributed by atoms with E-state index in [1.54, 1.807) is 0 Å². The Balaban J connectivity index is 1.38. The van der Waals surface area contributed by atoms with Gasteiger partial charge in [-0.05, 0) is 46.5 Å². The van der Waals surface area contributed by atoms with E-state index in [1.165, 1.54) is 22.3 Å². The number of nitrogens with zero attached hydrogens (tertiary/aromatic N) is 2. The summed E-state index contributed by atoms with van der Waals surface area (Å²) >= 11 is 0. The molecule has 0 unspecified atom stereocenters. The van der Waals surface area contributed by atoms with Gasteiger partial charge in [0.25, 0.3) is 0 Å². The van der Waals surface area contributed by atoms with E-state index in [0.29, 0.717) is 0 Å². The molecule has 0 atom stereocenters. The summed E-state index contributed by atoms with van der Waals surface area (Å²) in [7, 11) is 0. The van der Waals surface area contributed by atoms with Crippen molar-refractivity contribution in [2.24, 2.45) is 0 Å². The number of para-hydroxylation sites is 3. The van der Waals surface area contributed by atoms with Gasteiger partial charge in [0.15, 0.2) is 5.82 Å². The Morgan fingerprint density at radius 1 is 0.452 bits per heavy atom. The van der Waals surface area contributed by atoms with E-state index in [9.17, 15) is 0 Å². The molecule has 1 spiro atoms. The molecule has 1 aromatic heterocycles. The first-order chi connectivity index (χ1) is 20.8. The zero-order valence-electron chi connectivity index (χ0n) is 22.7. The van der Waals surface area contributed by atoms with Crippen LogP contribution in [0, 0.1) is 0 Å². The van der Waals surface area contributed by atoms with E-state index in [4.69, 9.17) is 14.7 Å². The van der Waals surface area contributed by atoms with Crippen molar-refractivity contribution < 1.29 is 4.74 Å². The molecule has 2 aliphatic rings. The highest BCUT2D eigenvalue weighted by Gasteiger charge is 2.51. The maximum Gasteiger partial charge on any atom is 0.160 e. The normalized spacial score (nSPS) is 13.6. The maximum absolute atomic E-state index is 6.51. The highest BCUT2D eigenvalue weighted by Crippen LogP contribution is 2.62. The lowest BCUT2D eigenvalue weighted by Crippen LogP contribution is -2.32. The van der Waals surface area contributed by atoms with Gasteiger partial charge in [-0.15, -0.1) is 0 Å². The summed E-state index contributed by atoms with van der Waals surface area (Å²) in [5.41, 5.74) is 10.7. The summed E-state index contributed by atoms with van der Waals surface area (Å²) in [4.78, 5) is 10.2. The molecule has 0 fully saturated rings. The summed E-state index contributed by atoms with van der Waals surface area (Å²) in [6.07, 6.45) is 0. The molecule has 0 saturated carbocycles. The van der Waals surface area contributed by atoms with Crippen LogP contribution in [0.4, 0.5) is 0 Å². The van der Waals surface area contributed by atoms with Gasteiger partial charge >= 0.3 is 0 Å². The molecular weight excluding hydrogens is 512 g/mol. The number of ether oxygens (including phenoxy) is 1. The minimum Gasteiger partial charge on any atom is -0.457 e. The van der Waals surface area contributed by atoms with Crippen molar-refractivity contribution in [1.82, 2.24) is 9.97 Å². The third-order valence-electron chi connectivity index (χ3n) is 8.76. The molecule has 0 bridgehead atoms. The molecule has 0 saturated heterocycles. The van der Waals surface area contributed by atoms with Crippen molar-refractivity contribution in [2.45, 2.75) is 5.41 Å². The van der Waals surface area contributed by atoms with Crippen molar-refractivity contribution in [3.63, 3.8) is 0 Å². The van der Waals surface area contributed by atoms with Crippen molar-refractivity contribution in [1.29, 1.82) is 0 Å². The summed E-state index contributed by atoms with van der Waals surface area (Å²) in [6.45, 7) is 0. The van der Waals surface area contributed by atoms with Gasteiger partial charge in [0.2, 0.25) is 0 Å². The van der Waals surface area contributed by atoms with Gasteiger partial charge in [0, 0.05) is 27.6 Å². The number of hydrogen-bond donors (Lipinski definition) is 0. The minimum atomic E-state index is -0.515. The Morgan fingerprint density at radius 3 is 1.86 bits per heavy atom. The molecule has 3 nitrogen and oxygen atoms in total. The lowest BCUT2D eigenvalue weighted by atomic mass is 9.66. The van der Waals surface area contributed by atoms with Gasteiger partial charge in [-0.2, -0.15) is 0 Å². The molecular formula is C39H24N2O. The lowest BCUT2D eigenvalue weighted by Gasteiger charge is -2.39. The van der Waals surface area contributed by atoms with E-state index in [-0.39, 0.29) is 0 Å². The van der Waals surface area contributed by atoms with Crippen molar-refractivity contribution in [2.75, 3.05) is 0 Å². The second-order valence-electron chi connectivity index (χ2n) is 10.9. The molecule has 196 valence electrons. The molecule has 7 aromatic rings. The molecule has 42 heavy (non-hydrogen) atoms. The van der Waals surface area contributed by atoms with Crippen LogP contribution in [-0.2, 0) is 5.41 Å². The third kappa shape index (κ3) is 3.11. The molecule has 0 amide bonds. The van der Waals surface area contributed by atoms with Crippen molar-refractivity contribution in [3.8, 4) is 45.3 Å². The highest BCUT2D eigenvalue weighted by molar-refractivity contribution is 5.96. The number of rotatable bonds is 2. The molecule has 9 rings (SSSR count). The predicted octanol–water partition coefficient (Wildman–Crippen LogP) is 9.43. The van der Waals surface area contributed by atoms with Crippen LogP contribution in [0.2, 0.25) is 0 Å². The van der Waals surface area contributed by atoms with Crippen molar-refractivity contribution >= 4 is 10.9 Å². The van der Waals surface area contributed by atoms with Gasteiger partial charge in [-0.25, -0.2) is 9.97 Å². The monoisotopic (exact) mass is 536 g/mol. The van der Waals surface area contributed by atoms with E-state index in [0.717, 1.165) is 56.2 Å². The first-order valence-electron chi connectivity index (χ1n) is 14.3. The largest absolute Gasteiger partial charge is 0.457 e. The number of fused-ring (bicyclic) bond motifs is 10. The molecule has 2 heterocycles. The molecule has 1 aliphatic carbocycles. The van der Waals surface area contributed by atoms with Crippen LogP contribution in [-0.4, -0.2) is 9.97 Å². The zero-order valence-corrected chi connectivity index (χ0v) is 22.7. The number of benzene rings is 6. The standard InChI is InChI=1S/C39H24N2O/c1-2-12-25(13-3-1)38-40-34-19-9-5-15-29(34)37(41-38)26-22-23-28-27-14-4-6-16-30(27)39(33(28)24-26)31-17-7-10-20-35(31)42-36-21-11-8-18-32(36)39/h1-24H. The second-order valence-corrected chi connectivity index (χ2v) is 10.9. The van der Waals surface area contributed by atoms with E-state index in [2.05, 4.69) is 121 Å². The SMILES string of the molecule is c1ccc(-c2nc(-c3ccc4c(c3)C3(c5ccccc5Oc5ccccc53)c3ccccc3-4)c3ccccc3n2)cc1. The number of hydrogen-bond acceptors (Lipinski definition) is 3. The maximum atomic E-state index is 6.51. The fraction of sp³-hybridized carbons (Fsp3) is 0.0256. The first kappa shape index (κ1) is 23.2. The smallest absolute Gasteiger partial charge is 0.160 e.